The van der Waals surface area contributed by atoms with Crippen molar-refractivity contribution in [2.75, 3.05) is 6.61 Å². The Morgan fingerprint density at radius 1 is 1.24 bits per heavy atom. The van der Waals surface area contributed by atoms with Crippen LogP contribution in [-0.2, 0) is 11.3 Å². The van der Waals surface area contributed by atoms with Gasteiger partial charge in [0.05, 0.1) is 6.61 Å². The molecule has 0 fully saturated rings. The van der Waals surface area contributed by atoms with Gasteiger partial charge in [-0.1, -0.05) is 62.8 Å². The lowest BCUT2D eigenvalue weighted by molar-refractivity contribution is 0.119. The third kappa shape index (κ3) is 6.96. The van der Waals surface area contributed by atoms with E-state index in [2.05, 4.69) is 38.1 Å². The summed E-state index contributed by atoms with van der Waals surface area (Å²) in [6.07, 6.45) is 8.04. The van der Waals surface area contributed by atoms with Crippen molar-refractivity contribution in [2.24, 2.45) is 5.92 Å². The quantitative estimate of drug-likeness (QED) is 0.470. The van der Waals surface area contributed by atoms with E-state index >= 15 is 0 Å². The van der Waals surface area contributed by atoms with Gasteiger partial charge in [0.2, 0.25) is 0 Å². The molecular weight excluding hydrogens is 208 g/mol. The lowest BCUT2D eigenvalue weighted by atomic mass is 10.1. The minimum atomic E-state index is 0.709. The fraction of sp³-hybridized carbons (Fsp3) is 0.500. The van der Waals surface area contributed by atoms with Crippen LogP contribution in [0.2, 0.25) is 0 Å². The molecule has 0 amide bonds. The van der Waals surface area contributed by atoms with Gasteiger partial charge in [0.1, 0.15) is 0 Å². The molecule has 0 aliphatic rings. The molecule has 0 aliphatic carbocycles. The van der Waals surface area contributed by atoms with Crippen LogP contribution < -0.4 is 0 Å². The Morgan fingerprint density at radius 3 is 2.71 bits per heavy atom. The number of hydrogen-bond donors (Lipinski definition) is 0. The molecule has 0 aliphatic heterocycles. The lowest BCUT2D eigenvalue weighted by Crippen LogP contribution is -1.94. The van der Waals surface area contributed by atoms with Crippen molar-refractivity contribution in [3.05, 3.63) is 48.0 Å². The summed E-state index contributed by atoms with van der Waals surface area (Å²) in [5.74, 6) is 0.709. The fourth-order valence-corrected chi connectivity index (χ4v) is 1.53. The second kappa shape index (κ2) is 9.00. The molecule has 0 aromatic heterocycles. The largest absolute Gasteiger partial charge is 0.377 e. The van der Waals surface area contributed by atoms with Gasteiger partial charge in [-0.3, -0.25) is 0 Å². The highest BCUT2D eigenvalue weighted by molar-refractivity contribution is 5.13. The third-order valence-electron chi connectivity index (χ3n) is 2.88. The lowest BCUT2D eigenvalue weighted by Gasteiger charge is -2.03. The first-order valence-electron chi connectivity index (χ1n) is 6.61. The van der Waals surface area contributed by atoms with Crippen LogP contribution in [0.15, 0.2) is 42.5 Å². The van der Waals surface area contributed by atoms with Crippen molar-refractivity contribution < 1.29 is 4.74 Å². The van der Waals surface area contributed by atoms with Gasteiger partial charge in [-0.25, -0.2) is 0 Å². The molecule has 1 heteroatoms. The molecule has 1 nitrogen and oxygen atoms in total. The standard InChI is InChI=1S/C16H24O/c1-3-15(2)10-6-5-9-13-17-14-16-11-7-4-8-12-16/h4,6-8,10-12,15H,3,5,9,13-14H2,1-2H3/t15-/m0/s1. The molecule has 0 N–H and O–H groups in total. The average Bonchev–Trinajstić information content (AvgIpc) is 2.38. The Bertz CT molecular complexity index is 303. The first-order chi connectivity index (χ1) is 8.33. The van der Waals surface area contributed by atoms with Crippen LogP contribution in [-0.4, -0.2) is 6.61 Å². The van der Waals surface area contributed by atoms with E-state index in [0.29, 0.717) is 5.92 Å². The molecule has 0 unspecified atom stereocenters. The van der Waals surface area contributed by atoms with Gasteiger partial charge in [0.15, 0.2) is 0 Å². The Kier molecular flexibility index (Phi) is 7.40. The van der Waals surface area contributed by atoms with Gasteiger partial charge in [0, 0.05) is 6.61 Å². The van der Waals surface area contributed by atoms with Crippen molar-refractivity contribution in [1.82, 2.24) is 0 Å². The zero-order valence-corrected chi connectivity index (χ0v) is 11.1. The summed E-state index contributed by atoms with van der Waals surface area (Å²) in [7, 11) is 0. The molecule has 0 heterocycles. The summed E-state index contributed by atoms with van der Waals surface area (Å²) in [4.78, 5) is 0. The Labute approximate surface area is 106 Å². The van der Waals surface area contributed by atoms with Crippen LogP contribution in [0, 0.1) is 5.92 Å². The third-order valence-corrected chi connectivity index (χ3v) is 2.88. The highest BCUT2D eigenvalue weighted by Crippen LogP contribution is 2.05. The first kappa shape index (κ1) is 14.0. The molecular formula is C16H24O. The van der Waals surface area contributed by atoms with E-state index < -0.39 is 0 Å². The van der Waals surface area contributed by atoms with E-state index in [1.54, 1.807) is 0 Å². The summed E-state index contributed by atoms with van der Waals surface area (Å²) in [6, 6.07) is 10.3. The van der Waals surface area contributed by atoms with E-state index in [1.165, 1.54) is 12.0 Å². The predicted octanol–water partition coefficient (Wildman–Crippen LogP) is 4.59. The van der Waals surface area contributed by atoms with Crippen LogP contribution in [0.4, 0.5) is 0 Å². The van der Waals surface area contributed by atoms with E-state index in [4.69, 9.17) is 4.74 Å². The Morgan fingerprint density at radius 2 is 2.00 bits per heavy atom. The number of hydrogen-bond acceptors (Lipinski definition) is 1. The van der Waals surface area contributed by atoms with Crippen LogP contribution >= 0.6 is 0 Å². The molecule has 1 aromatic carbocycles. The van der Waals surface area contributed by atoms with Crippen molar-refractivity contribution >= 4 is 0 Å². The summed E-state index contributed by atoms with van der Waals surface area (Å²) in [5, 5.41) is 0. The van der Waals surface area contributed by atoms with Gasteiger partial charge < -0.3 is 4.74 Å². The molecule has 1 atom stereocenters. The monoisotopic (exact) mass is 232 g/mol. The van der Waals surface area contributed by atoms with Gasteiger partial charge in [-0.05, 0) is 24.3 Å². The number of ether oxygens (including phenoxy) is 1. The maximum absolute atomic E-state index is 5.62. The van der Waals surface area contributed by atoms with E-state index in [1.807, 2.05) is 18.2 Å². The van der Waals surface area contributed by atoms with Crippen LogP contribution in [0.1, 0.15) is 38.7 Å². The molecule has 1 aromatic rings. The highest BCUT2D eigenvalue weighted by atomic mass is 16.5. The fourth-order valence-electron chi connectivity index (χ4n) is 1.53. The number of benzene rings is 1. The van der Waals surface area contributed by atoms with Crippen molar-refractivity contribution in [1.29, 1.82) is 0 Å². The number of allylic oxidation sites excluding steroid dienone is 2. The second-order valence-corrected chi connectivity index (χ2v) is 4.49. The normalized spacial score (nSPS) is 13.1. The average molecular weight is 232 g/mol. The molecule has 0 radical (unpaired) electrons. The van der Waals surface area contributed by atoms with Crippen LogP contribution in [0.5, 0.6) is 0 Å². The minimum Gasteiger partial charge on any atom is -0.377 e. The smallest absolute Gasteiger partial charge is 0.0716 e. The van der Waals surface area contributed by atoms with Gasteiger partial charge in [0.25, 0.3) is 0 Å². The molecule has 0 saturated heterocycles. The van der Waals surface area contributed by atoms with Crippen LogP contribution in [0.25, 0.3) is 0 Å². The SMILES string of the molecule is CC[C@H](C)C=CCCCOCc1ccccc1. The summed E-state index contributed by atoms with van der Waals surface area (Å²) < 4.78 is 5.62. The van der Waals surface area contributed by atoms with E-state index in [9.17, 15) is 0 Å². The zero-order valence-electron chi connectivity index (χ0n) is 11.1. The summed E-state index contributed by atoms with van der Waals surface area (Å²) in [6.45, 7) is 6.05. The topological polar surface area (TPSA) is 9.23 Å². The molecule has 17 heavy (non-hydrogen) atoms. The van der Waals surface area contributed by atoms with Gasteiger partial charge in [-0.2, -0.15) is 0 Å². The summed E-state index contributed by atoms with van der Waals surface area (Å²) in [5.41, 5.74) is 1.25. The van der Waals surface area contributed by atoms with Crippen molar-refractivity contribution in [3.8, 4) is 0 Å². The molecule has 0 spiro atoms. The Balaban J connectivity index is 2.00. The zero-order chi connectivity index (χ0) is 12.3. The maximum Gasteiger partial charge on any atom is 0.0716 e. The van der Waals surface area contributed by atoms with Crippen molar-refractivity contribution in [3.63, 3.8) is 0 Å². The second-order valence-electron chi connectivity index (χ2n) is 4.49. The molecule has 94 valence electrons. The molecule has 1 rings (SSSR count). The van der Waals surface area contributed by atoms with E-state index in [0.717, 1.165) is 26.1 Å². The predicted molar refractivity (Wildman–Crippen MR) is 73.9 cm³/mol. The number of rotatable bonds is 8. The first-order valence-corrected chi connectivity index (χ1v) is 6.61. The van der Waals surface area contributed by atoms with Crippen LogP contribution in [0.3, 0.4) is 0 Å². The number of unbranched alkanes of at least 4 members (excludes halogenated alkanes) is 1. The van der Waals surface area contributed by atoms with Gasteiger partial charge >= 0.3 is 0 Å². The highest BCUT2D eigenvalue weighted by Gasteiger charge is 1.92. The van der Waals surface area contributed by atoms with E-state index in [-0.39, 0.29) is 0 Å². The molecule has 0 bridgehead atoms. The Hall–Kier alpha value is -1.08. The minimum absolute atomic E-state index is 0.709. The molecule has 0 saturated carbocycles. The van der Waals surface area contributed by atoms with Gasteiger partial charge in [-0.15, -0.1) is 0 Å². The maximum atomic E-state index is 5.62. The summed E-state index contributed by atoms with van der Waals surface area (Å²) >= 11 is 0. The van der Waals surface area contributed by atoms with Crippen molar-refractivity contribution in [2.45, 2.75) is 39.7 Å².